The van der Waals surface area contributed by atoms with Crippen LogP contribution in [-0.2, 0) is 102 Å². The van der Waals surface area contributed by atoms with E-state index in [2.05, 4.69) is 115 Å². The van der Waals surface area contributed by atoms with E-state index in [0.717, 1.165) is 6.92 Å². The average molecular weight is 1770 g/mol. The third kappa shape index (κ3) is 34.1. The zero-order chi connectivity index (χ0) is 91.8. The van der Waals surface area contributed by atoms with Crippen molar-refractivity contribution in [1.29, 1.82) is 5.41 Å². The predicted molar refractivity (Wildman–Crippen MR) is 470 cm³/mol. The largest absolute Gasteiger partial charge is 0.508 e. The number of carbonyl (C=O) groups excluding carboxylic acids is 15. The molecule has 28 N–H and O–H groups in total. The molecule has 15 amide bonds. The van der Waals surface area contributed by atoms with Crippen LogP contribution in [0, 0.1) is 11.3 Å². The van der Waals surface area contributed by atoms with Crippen LogP contribution in [0.1, 0.15) is 114 Å². The number of fused-ring (bicyclic) bond motifs is 2. The van der Waals surface area contributed by atoms with Crippen LogP contribution in [0.4, 0.5) is 0 Å². The van der Waals surface area contributed by atoms with E-state index in [1.807, 2.05) is 0 Å². The number of thiol groups is 2. The van der Waals surface area contributed by atoms with Crippen LogP contribution >= 0.6 is 25.3 Å². The number of aromatic amines is 2. The fourth-order valence-corrected chi connectivity index (χ4v) is 13.8. The van der Waals surface area contributed by atoms with Crippen LogP contribution in [0.15, 0.2) is 116 Å². The van der Waals surface area contributed by atoms with Gasteiger partial charge in [0.1, 0.15) is 78.3 Å². The number of primary amides is 1. The van der Waals surface area contributed by atoms with Crippen molar-refractivity contribution in [3.05, 3.63) is 138 Å². The molecule has 6 rings (SSSR count). The summed E-state index contributed by atoms with van der Waals surface area (Å²) in [6, 6.07) is 10.3. The average Bonchev–Trinajstić information content (AvgIpc) is 1.70. The van der Waals surface area contributed by atoms with Crippen LogP contribution in [0.25, 0.3) is 21.8 Å². The molecule has 678 valence electrons. The molecule has 40 nitrogen and oxygen atoms in total. The maximum Gasteiger partial charge on any atom is 0.305 e. The summed E-state index contributed by atoms with van der Waals surface area (Å²) in [7, 11) is 0. The molecule has 6 aromatic rings. The second-order valence-electron chi connectivity index (χ2n) is 30.2. The first kappa shape index (κ1) is 101. The van der Waals surface area contributed by atoms with Crippen molar-refractivity contribution in [3.63, 3.8) is 0 Å². The number of unbranched alkanes of at least 4 members (excludes halogenated alkanes) is 2. The van der Waals surface area contributed by atoms with Gasteiger partial charge in [-0.2, -0.15) is 25.3 Å². The lowest BCUT2D eigenvalue weighted by molar-refractivity contribution is -0.141. The molecule has 125 heavy (non-hydrogen) atoms. The number of rotatable bonds is 54. The minimum Gasteiger partial charge on any atom is -0.508 e. The number of aromatic nitrogens is 2. The van der Waals surface area contributed by atoms with E-state index in [-0.39, 0.29) is 95.3 Å². The maximum atomic E-state index is 15.4. The minimum absolute atomic E-state index is 0.00379. The molecule has 0 aliphatic rings. The van der Waals surface area contributed by atoms with Gasteiger partial charge in [-0.15, -0.1) is 0 Å². The number of phenolic OH excluding ortho intramolecular Hbond substituents is 1. The van der Waals surface area contributed by atoms with Gasteiger partial charge in [0.2, 0.25) is 88.6 Å². The zero-order valence-corrected chi connectivity index (χ0v) is 71.7. The first-order chi connectivity index (χ1) is 59.6. The molecule has 0 bridgehead atoms. The summed E-state index contributed by atoms with van der Waals surface area (Å²) in [6.07, 6.45) is 2.73. The maximum absolute atomic E-state index is 15.4. The number of hydrogen-bond acceptors (Lipinski definition) is 22. The molecule has 2 aromatic heterocycles. The quantitative estimate of drug-likeness (QED) is 0.00788. The lowest BCUT2D eigenvalue weighted by Crippen LogP contribution is -2.62. The van der Waals surface area contributed by atoms with E-state index in [1.54, 1.807) is 105 Å². The summed E-state index contributed by atoms with van der Waals surface area (Å²) in [5.41, 5.74) is 25.7. The number of aromatic hydroxyl groups is 1. The number of amides is 15. The highest BCUT2D eigenvalue weighted by Crippen LogP contribution is 2.23. The summed E-state index contributed by atoms with van der Waals surface area (Å²) in [5, 5.41) is 68.1. The lowest BCUT2D eigenvalue weighted by Gasteiger charge is -2.29. The zero-order valence-electron chi connectivity index (χ0n) is 70.0. The molecule has 42 heteroatoms. The molecule has 0 aliphatic carbocycles. The normalized spacial score (nSPS) is 14.0. The van der Waals surface area contributed by atoms with Crippen molar-refractivity contribution in [2.75, 3.05) is 44.2 Å². The summed E-state index contributed by atoms with van der Waals surface area (Å²) in [6.45, 7) is 5.29. The van der Waals surface area contributed by atoms with Crippen molar-refractivity contribution in [2.45, 2.75) is 190 Å². The Hall–Kier alpha value is -12.8. The number of nitrogens with one attached hydrogen (secondary N) is 18. The smallest absolute Gasteiger partial charge is 0.305 e. The van der Waals surface area contributed by atoms with Crippen LogP contribution in [0.3, 0.4) is 0 Å². The summed E-state index contributed by atoms with van der Waals surface area (Å²) >= 11 is 8.51. The Morgan fingerprint density at radius 1 is 0.416 bits per heavy atom. The fraction of sp³-hybridized carbons (Fsp3) is 0.458. The van der Waals surface area contributed by atoms with Crippen LogP contribution < -0.4 is 103 Å². The molecular weight excluding hydrogens is 1660 g/mol. The topological polar surface area (TPSA) is 654 Å². The van der Waals surface area contributed by atoms with Crippen LogP contribution in [-0.4, -0.2) is 237 Å². The SMILES string of the molecule is CC(=O)N[C@@H](CS)C(=O)N[C@@H](C)C(=O)N[C@@H](CC(=O)O)C(=O)N[C@@H](Cc1c[nH]c2ccccc12)C(=O)N[C@H](C(=O)N[C@@H](CS)C(=O)N[C@@H](Cc1ccc(O)cc1)C(=O)N[C@@H](Cc1c[nH]c2ccccc12)C(=O)N[C@@H](CCCNC(=N)N)C(=O)N[C@@H](CCCCN)C(=O)N[C@@H](Cc1ccccc1)C(=O)NCC(=O)NCCC(=O)N[C@H](CCCCN)C(N)=O)C(C)C. The monoisotopic (exact) mass is 1770 g/mol. The Bertz CT molecular complexity index is 4710. The van der Waals surface area contributed by atoms with E-state index in [9.17, 15) is 72.5 Å². The Balaban J connectivity index is 1.26. The van der Waals surface area contributed by atoms with Gasteiger partial charge in [0, 0.05) is 97.8 Å². The van der Waals surface area contributed by atoms with Gasteiger partial charge in [0.25, 0.3) is 0 Å². The third-order valence-corrected chi connectivity index (χ3v) is 20.7. The van der Waals surface area contributed by atoms with Gasteiger partial charge in [-0.3, -0.25) is 82.1 Å². The Kier molecular flexibility index (Phi) is 42.0. The fourth-order valence-electron chi connectivity index (χ4n) is 13.2. The first-order valence-corrected chi connectivity index (χ1v) is 42.2. The highest BCUT2D eigenvalue weighted by Gasteiger charge is 2.38. The second-order valence-corrected chi connectivity index (χ2v) is 31.0. The number of carbonyl (C=O) groups is 16. The van der Waals surface area contributed by atoms with Crippen molar-refractivity contribution in [2.24, 2.45) is 28.9 Å². The lowest BCUT2D eigenvalue weighted by atomic mass is 9.99. The van der Waals surface area contributed by atoms with Gasteiger partial charge >= 0.3 is 5.97 Å². The van der Waals surface area contributed by atoms with Gasteiger partial charge < -0.3 is 123 Å². The minimum atomic E-state index is -1.87. The Morgan fingerprint density at radius 3 is 1.34 bits per heavy atom. The summed E-state index contributed by atoms with van der Waals surface area (Å²) < 4.78 is 0. The molecule has 0 spiro atoms. The molecule has 4 aromatic carbocycles. The Labute approximate surface area is 732 Å². The van der Waals surface area contributed by atoms with E-state index < -0.39 is 198 Å². The van der Waals surface area contributed by atoms with Gasteiger partial charge in [-0.25, -0.2) is 0 Å². The number of hydrogen-bond donors (Lipinski definition) is 26. The number of para-hydroxylation sites is 2. The number of nitrogens with two attached hydrogens (primary N) is 4. The highest BCUT2D eigenvalue weighted by molar-refractivity contribution is 7.80. The first-order valence-electron chi connectivity index (χ1n) is 40.9. The van der Waals surface area contributed by atoms with Crippen molar-refractivity contribution in [1.82, 2.24) is 89.7 Å². The van der Waals surface area contributed by atoms with Gasteiger partial charge in [0.05, 0.1) is 13.0 Å². The van der Waals surface area contributed by atoms with Crippen LogP contribution in [0.2, 0.25) is 0 Å². The number of guanidine groups is 1. The van der Waals surface area contributed by atoms with Crippen molar-refractivity contribution < 1.29 is 86.9 Å². The van der Waals surface area contributed by atoms with Crippen LogP contribution in [0.5, 0.6) is 5.75 Å². The molecule has 2 heterocycles. The van der Waals surface area contributed by atoms with Gasteiger partial charge in [-0.1, -0.05) is 92.7 Å². The van der Waals surface area contributed by atoms with E-state index in [0.29, 0.717) is 69.9 Å². The predicted octanol–water partition coefficient (Wildman–Crippen LogP) is -2.90. The second kappa shape index (κ2) is 51.9. The van der Waals surface area contributed by atoms with E-state index >= 15 is 14.4 Å². The summed E-state index contributed by atoms with van der Waals surface area (Å²) in [4.78, 5) is 228. The van der Waals surface area contributed by atoms with E-state index in [4.69, 9.17) is 28.3 Å². The van der Waals surface area contributed by atoms with Gasteiger partial charge in [-0.05, 0) is 124 Å². The Morgan fingerprint density at radius 2 is 0.840 bits per heavy atom. The standard InChI is InChI=1S/C83H116N22O18S2/c1-45(2)70(105-79(120)63(38-51-41-92-56-22-11-9-20-54(51)56)103-78(119)64(39-69(110)111)99-72(113)46(3)94-80(121)65(43-124)95-47(4)106)82(123)104-66(44-125)81(122)101-61(36-49-26-28-52(107)29-27-49)76(117)102-62(37-50-40-91-55-21-10-8-19-53(50)55)77(118)98-59(25-16-33-90-83(87)88)74(115)97-58(24-13-15-32-85)75(116)100-60(35-48-17-6-5-7-18-48)73(114)93-42-68(109)89-34-30-67(108)96-57(71(86)112)23-12-14-31-84/h5-11,17-22,26-29,40-41,45-46,57-66,70,91-92,107,124-125H,12-16,23-25,30-39,42-44,84-85H2,1-4H3,(H2,86,112)(H,89,109)(H,93,114)(H,94,121)(H,95,106)(H,96,108)(H,97,115)(H,98,118)(H,99,113)(H,100,116)(H,101,122)(H,102,117)(H,103,119)(H,104,123)(H,105,120)(H,110,111)(H4,87,88,90)/t46-,57+,58-,59-,60-,61-,62-,63-,64-,65-,66-,70-/m0/s1. The highest BCUT2D eigenvalue weighted by atomic mass is 32.1. The molecule has 0 unspecified atom stereocenters. The third-order valence-electron chi connectivity index (χ3n) is 20.0. The molecule has 0 saturated heterocycles. The number of phenols is 1. The number of aliphatic carboxylic acids is 1. The van der Waals surface area contributed by atoms with Crippen molar-refractivity contribution in [3.8, 4) is 5.75 Å². The van der Waals surface area contributed by atoms with E-state index in [1.165, 1.54) is 31.2 Å². The number of H-pyrrole nitrogens is 2. The number of carboxylic acid groups (broad SMARTS) is 1. The molecule has 0 aliphatic heterocycles. The number of benzene rings is 4. The number of carboxylic acids is 1. The molecule has 0 saturated carbocycles. The summed E-state index contributed by atoms with van der Waals surface area (Å²) in [5.74, 6) is -16.7. The molecular formula is C83H116N22O18S2. The van der Waals surface area contributed by atoms with Gasteiger partial charge in [0.15, 0.2) is 5.96 Å². The molecule has 12 atom stereocenters. The molecule has 0 fully saturated rings. The molecule has 0 radical (unpaired) electrons. The van der Waals surface area contributed by atoms with Crippen molar-refractivity contribution >= 4 is 148 Å².